The van der Waals surface area contributed by atoms with Gasteiger partial charge in [-0.2, -0.15) is 5.10 Å². The largest absolute Gasteiger partial charge is 0.497 e. The lowest BCUT2D eigenvalue weighted by Gasteiger charge is -2.02. The van der Waals surface area contributed by atoms with Gasteiger partial charge in [0.25, 0.3) is 5.91 Å². The second-order valence-corrected chi connectivity index (χ2v) is 4.42. The van der Waals surface area contributed by atoms with Gasteiger partial charge in [-0.15, -0.1) is 0 Å². The molecule has 0 fully saturated rings. The van der Waals surface area contributed by atoms with E-state index in [1.165, 1.54) is 0 Å². The van der Waals surface area contributed by atoms with Crippen molar-refractivity contribution >= 4 is 23.7 Å². The maximum absolute atomic E-state index is 11.9. The van der Waals surface area contributed by atoms with Gasteiger partial charge in [0, 0.05) is 10.6 Å². The molecule has 0 saturated carbocycles. The zero-order valence-electron chi connectivity index (χ0n) is 10.8. The van der Waals surface area contributed by atoms with Crippen molar-refractivity contribution in [3.63, 3.8) is 0 Å². The van der Waals surface area contributed by atoms with Crippen molar-refractivity contribution in [3.8, 4) is 5.75 Å². The molecule has 0 atom stereocenters. The lowest BCUT2D eigenvalue weighted by atomic mass is 10.2. The third-order valence-electron chi connectivity index (χ3n) is 2.58. The number of benzene rings is 2. The number of hydrazone groups is 1. The topological polar surface area (TPSA) is 50.7 Å². The Hall–Kier alpha value is -2.33. The summed E-state index contributed by atoms with van der Waals surface area (Å²) in [4.78, 5) is 11.9. The number of halogens is 1. The monoisotopic (exact) mass is 288 g/mol. The van der Waals surface area contributed by atoms with E-state index in [9.17, 15) is 4.79 Å². The number of rotatable bonds is 4. The summed E-state index contributed by atoms with van der Waals surface area (Å²) in [5.74, 6) is 0.327. The van der Waals surface area contributed by atoms with Crippen LogP contribution in [0.5, 0.6) is 5.75 Å². The molecule has 0 spiro atoms. The Morgan fingerprint density at radius 1 is 1.25 bits per heavy atom. The van der Waals surface area contributed by atoms with E-state index in [4.69, 9.17) is 16.3 Å². The van der Waals surface area contributed by atoms with Gasteiger partial charge in [-0.05, 0) is 35.9 Å². The molecule has 2 rings (SSSR count). The van der Waals surface area contributed by atoms with Crippen LogP contribution < -0.4 is 10.2 Å². The third kappa shape index (κ3) is 3.83. The number of hydrogen-bond acceptors (Lipinski definition) is 3. The molecule has 0 radical (unpaired) electrons. The normalized spacial score (nSPS) is 10.5. The summed E-state index contributed by atoms with van der Waals surface area (Å²) in [7, 11) is 1.55. The summed E-state index contributed by atoms with van der Waals surface area (Å²) < 4.78 is 5.06. The zero-order valence-corrected chi connectivity index (χ0v) is 11.6. The van der Waals surface area contributed by atoms with E-state index < -0.39 is 0 Å². The Morgan fingerprint density at radius 3 is 2.70 bits per heavy atom. The molecule has 0 heterocycles. The van der Waals surface area contributed by atoms with Crippen LogP contribution in [0.1, 0.15) is 15.9 Å². The molecule has 0 unspecified atom stereocenters. The third-order valence-corrected chi connectivity index (χ3v) is 2.83. The van der Waals surface area contributed by atoms with Gasteiger partial charge in [-0.25, -0.2) is 5.43 Å². The molecule has 102 valence electrons. The van der Waals surface area contributed by atoms with Crippen molar-refractivity contribution < 1.29 is 9.53 Å². The number of nitrogens with one attached hydrogen (secondary N) is 1. The summed E-state index contributed by atoms with van der Waals surface area (Å²) >= 11 is 5.78. The molecule has 0 aliphatic rings. The summed E-state index contributed by atoms with van der Waals surface area (Å²) in [6.45, 7) is 0. The molecule has 4 nitrogen and oxygen atoms in total. The van der Waals surface area contributed by atoms with Crippen molar-refractivity contribution in [1.82, 2.24) is 5.43 Å². The number of carbonyl (C=O) groups is 1. The molecule has 1 amide bonds. The Kier molecular flexibility index (Phi) is 4.74. The number of hydrogen-bond donors (Lipinski definition) is 1. The van der Waals surface area contributed by atoms with Gasteiger partial charge in [0.15, 0.2) is 0 Å². The SMILES string of the molecule is COc1cccc(C(=O)NN=Cc2ccc(Cl)cc2)c1. The summed E-state index contributed by atoms with van der Waals surface area (Å²) in [5.41, 5.74) is 3.79. The van der Waals surface area contributed by atoms with Gasteiger partial charge < -0.3 is 4.74 Å². The lowest BCUT2D eigenvalue weighted by molar-refractivity contribution is 0.0955. The van der Waals surface area contributed by atoms with Crippen LogP contribution in [0.15, 0.2) is 53.6 Å². The van der Waals surface area contributed by atoms with E-state index >= 15 is 0 Å². The second-order valence-electron chi connectivity index (χ2n) is 3.98. The average Bonchev–Trinajstić information content (AvgIpc) is 2.49. The summed E-state index contributed by atoms with van der Waals surface area (Å²) in [6, 6.07) is 14.0. The summed E-state index contributed by atoms with van der Waals surface area (Å²) in [5, 5.41) is 4.55. The standard InChI is InChI=1S/C15H13ClN2O2/c1-20-14-4-2-3-12(9-14)15(19)18-17-10-11-5-7-13(16)8-6-11/h2-10H,1H3,(H,18,19). The number of nitrogens with zero attached hydrogens (tertiary/aromatic N) is 1. The highest BCUT2D eigenvalue weighted by Crippen LogP contribution is 2.12. The Morgan fingerprint density at radius 2 is 2.00 bits per heavy atom. The molecule has 0 aromatic heterocycles. The van der Waals surface area contributed by atoms with E-state index in [1.807, 2.05) is 12.1 Å². The number of ether oxygens (including phenoxy) is 1. The molecule has 1 N–H and O–H groups in total. The maximum Gasteiger partial charge on any atom is 0.271 e. The average molecular weight is 289 g/mol. The van der Waals surface area contributed by atoms with Crippen molar-refractivity contribution in [1.29, 1.82) is 0 Å². The molecule has 2 aromatic rings. The van der Waals surface area contributed by atoms with E-state index in [1.54, 1.807) is 49.7 Å². The fourth-order valence-corrected chi connectivity index (χ4v) is 1.67. The van der Waals surface area contributed by atoms with Crippen LogP contribution in [0.2, 0.25) is 5.02 Å². The number of methoxy groups -OCH3 is 1. The van der Waals surface area contributed by atoms with Gasteiger partial charge in [0.1, 0.15) is 5.75 Å². The predicted molar refractivity (Wildman–Crippen MR) is 79.5 cm³/mol. The van der Waals surface area contributed by atoms with E-state index in [0.717, 1.165) is 5.56 Å². The first-order valence-corrected chi connectivity index (χ1v) is 6.30. The van der Waals surface area contributed by atoms with Crippen LogP contribution in [0.4, 0.5) is 0 Å². The highest BCUT2D eigenvalue weighted by atomic mass is 35.5. The first kappa shape index (κ1) is 14.1. The van der Waals surface area contributed by atoms with Crippen molar-refractivity contribution in [2.24, 2.45) is 5.10 Å². The fraction of sp³-hybridized carbons (Fsp3) is 0.0667. The summed E-state index contributed by atoms with van der Waals surface area (Å²) in [6.07, 6.45) is 1.55. The van der Waals surface area contributed by atoms with E-state index in [0.29, 0.717) is 16.3 Å². The quantitative estimate of drug-likeness (QED) is 0.694. The van der Waals surface area contributed by atoms with Crippen molar-refractivity contribution in [3.05, 3.63) is 64.7 Å². The zero-order chi connectivity index (χ0) is 14.4. The molecular weight excluding hydrogens is 276 g/mol. The predicted octanol–water partition coefficient (Wildman–Crippen LogP) is 3.11. The minimum atomic E-state index is -0.297. The Balaban J connectivity index is 1.99. The minimum Gasteiger partial charge on any atom is -0.497 e. The molecule has 0 bridgehead atoms. The van der Waals surface area contributed by atoms with E-state index in [-0.39, 0.29) is 5.91 Å². The van der Waals surface area contributed by atoms with Crippen LogP contribution in [0.3, 0.4) is 0 Å². The van der Waals surface area contributed by atoms with E-state index in [2.05, 4.69) is 10.5 Å². The number of amides is 1. The fourth-order valence-electron chi connectivity index (χ4n) is 1.54. The van der Waals surface area contributed by atoms with Crippen LogP contribution >= 0.6 is 11.6 Å². The molecule has 0 aliphatic heterocycles. The van der Waals surface area contributed by atoms with Gasteiger partial charge in [-0.3, -0.25) is 4.79 Å². The molecule has 20 heavy (non-hydrogen) atoms. The molecule has 0 aliphatic carbocycles. The smallest absolute Gasteiger partial charge is 0.271 e. The van der Waals surface area contributed by atoms with Crippen molar-refractivity contribution in [2.75, 3.05) is 7.11 Å². The first-order chi connectivity index (χ1) is 9.69. The van der Waals surface area contributed by atoms with Gasteiger partial charge in [0.2, 0.25) is 0 Å². The minimum absolute atomic E-state index is 0.297. The Labute approximate surface area is 122 Å². The first-order valence-electron chi connectivity index (χ1n) is 5.92. The lowest BCUT2D eigenvalue weighted by Crippen LogP contribution is -2.17. The van der Waals surface area contributed by atoms with Crippen LogP contribution in [0.25, 0.3) is 0 Å². The van der Waals surface area contributed by atoms with Crippen LogP contribution in [0, 0.1) is 0 Å². The Bertz CT molecular complexity index is 624. The highest BCUT2D eigenvalue weighted by molar-refractivity contribution is 6.30. The highest BCUT2D eigenvalue weighted by Gasteiger charge is 2.04. The van der Waals surface area contributed by atoms with Crippen molar-refractivity contribution in [2.45, 2.75) is 0 Å². The molecular formula is C15H13ClN2O2. The molecule has 5 heteroatoms. The van der Waals surface area contributed by atoms with Crippen LogP contribution in [-0.4, -0.2) is 19.2 Å². The van der Waals surface area contributed by atoms with Gasteiger partial charge >= 0.3 is 0 Å². The molecule has 2 aromatic carbocycles. The van der Waals surface area contributed by atoms with Gasteiger partial charge in [0.05, 0.1) is 13.3 Å². The molecule has 0 saturated heterocycles. The number of carbonyl (C=O) groups excluding carboxylic acids is 1. The van der Waals surface area contributed by atoms with Crippen LogP contribution in [-0.2, 0) is 0 Å². The maximum atomic E-state index is 11.9. The second kappa shape index (κ2) is 6.73. The van der Waals surface area contributed by atoms with Gasteiger partial charge in [-0.1, -0.05) is 29.8 Å².